The molecule has 5 rings (SSSR count). The minimum Gasteiger partial charge on any atom is -0.490 e. The van der Waals surface area contributed by atoms with Gasteiger partial charge in [0.15, 0.2) is 0 Å². The molecule has 0 radical (unpaired) electrons. The van der Waals surface area contributed by atoms with Gasteiger partial charge in [-0.1, -0.05) is 24.1 Å². The maximum absolute atomic E-state index is 14.1. The van der Waals surface area contributed by atoms with Gasteiger partial charge in [-0.15, -0.1) is 21.5 Å². The number of aromatic nitrogens is 2. The molecular formula is C27H26F4N4O2S2. The molecule has 0 saturated heterocycles. The van der Waals surface area contributed by atoms with Crippen molar-refractivity contribution in [3.63, 3.8) is 0 Å². The highest BCUT2D eigenvalue weighted by molar-refractivity contribution is 7.97. The molecule has 4 aromatic rings. The van der Waals surface area contributed by atoms with E-state index in [1.807, 2.05) is 11.4 Å². The van der Waals surface area contributed by atoms with E-state index in [9.17, 15) is 17.6 Å². The summed E-state index contributed by atoms with van der Waals surface area (Å²) < 4.78 is 65.4. The quantitative estimate of drug-likeness (QED) is 0.128. The van der Waals surface area contributed by atoms with Gasteiger partial charge in [0.2, 0.25) is 0 Å². The van der Waals surface area contributed by atoms with Crippen molar-refractivity contribution in [1.82, 2.24) is 20.2 Å². The first-order valence-electron chi connectivity index (χ1n) is 12.4. The maximum Gasteiger partial charge on any atom is 0.399 e. The Morgan fingerprint density at radius 1 is 1.00 bits per heavy atom. The van der Waals surface area contributed by atoms with Crippen LogP contribution in [0.15, 0.2) is 47.8 Å². The molecule has 0 bridgehead atoms. The van der Waals surface area contributed by atoms with Gasteiger partial charge in [0.25, 0.3) is 0 Å². The standard InChI is InChI=1S/C27H26F4N4O2S2/c28-20-3-4-21(23(14-20)37-11-10-36-9-8-33-39-16-27(29,30)31)25-26-22(6-12-38-26)24(34-35-25)18-1-2-19-15-32-7-5-17(19)13-18/h1-4,6,12-14,32-33H,5,7-11,15-16H2. The Hall–Kier alpha value is -2.77. The van der Waals surface area contributed by atoms with Crippen LogP contribution in [0.4, 0.5) is 17.6 Å². The third kappa shape index (κ3) is 7.06. The Kier molecular flexibility index (Phi) is 8.98. The first-order chi connectivity index (χ1) is 18.9. The first kappa shape index (κ1) is 27.8. The lowest BCUT2D eigenvalue weighted by molar-refractivity contribution is -0.105. The highest BCUT2D eigenvalue weighted by Crippen LogP contribution is 2.39. The smallest absolute Gasteiger partial charge is 0.399 e. The van der Waals surface area contributed by atoms with Crippen LogP contribution in [0, 0.1) is 5.82 Å². The SMILES string of the molecule is Fc1ccc(-c2nnc(-c3ccc4c(c3)CCNC4)c3ccsc23)c(OCCOCCNSCC(F)(F)F)c1. The molecule has 12 heteroatoms. The summed E-state index contributed by atoms with van der Waals surface area (Å²) in [6.07, 6.45) is -3.25. The average molecular weight is 579 g/mol. The number of hydrogen-bond donors (Lipinski definition) is 2. The summed E-state index contributed by atoms with van der Waals surface area (Å²) in [5.74, 6) is -1.10. The van der Waals surface area contributed by atoms with Gasteiger partial charge in [-0.05, 0) is 53.7 Å². The molecule has 3 heterocycles. The highest BCUT2D eigenvalue weighted by Gasteiger charge is 2.26. The summed E-state index contributed by atoms with van der Waals surface area (Å²) in [5, 5.41) is 15.5. The molecule has 2 N–H and O–H groups in total. The molecule has 39 heavy (non-hydrogen) atoms. The van der Waals surface area contributed by atoms with E-state index in [4.69, 9.17) is 9.47 Å². The number of nitrogens with one attached hydrogen (secondary N) is 2. The van der Waals surface area contributed by atoms with Gasteiger partial charge in [-0.3, -0.25) is 4.72 Å². The Balaban J connectivity index is 1.27. The van der Waals surface area contributed by atoms with Crippen LogP contribution in [0.3, 0.4) is 0 Å². The van der Waals surface area contributed by atoms with Gasteiger partial charge >= 0.3 is 6.18 Å². The van der Waals surface area contributed by atoms with Crippen LogP contribution < -0.4 is 14.8 Å². The molecule has 0 spiro atoms. The largest absolute Gasteiger partial charge is 0.490 e. The molecule has 0 unspecified atom stereocenters. The summed E-state index contributed by atoms with van der Waals surface area (Å²) in [7, 11) is 0. The van der Waals surface area contributed by atoms with E-state index in [1.165, 1.54) is 34.6 Å². The van der Waals surface area contributed by atoms with E-state index in [1.54, 1.807) is 6.07 Å². The minimum atomic E-state index is -4.21. The average Bonchev–Trinajstić information content (AvgIpc) is 3.41. The van der Waals surface area contributed by atoms with Crippen LogP contribution >= 0.6 is 23.3 Å². The van der Waals surface area contributed by atoms with Crippen molar-refractivity contribution >= 4 is 33.4 Å². The number of alkyl halides is 3. The lowest BCUT2D eigenvalue weighted by Gasteiger charge is -2.18. The lowest BCUT2D eigenvalue weighted by Crippen LogP contribution is -2.23. The number of thiophene rings is 1. The second kappa shape index (κ2) is 12.6. The molecule has 1 aliphatic rings. The first-order valence-corrected chi connectivity index (χ1v) is 14.2. The van der Waals surface area contributed by atoms with Gasteiger partial charge in [-0.25, -0.2) is 4.39 Å². The zero-order valence-corrected chi connectivity index (χ0v) is 22.4. The molecule has 2 aromatic carbocycles. The van der Waals surface area contributed by atoms with Crippen molar-refractivity contribution in [3.05, 3.63) is 64.8 Å². The maximum atomic E-state index is 14.1. The third-order valence-electron chi connectivity index (χ3n) is 6.12. The minimum absolute atomic E-state index is 0.134. The second-order valence-electron chi connectivity index (χ2n) is 8.87. The van der Waals surface area contributed by atoms with Crippen LogP contribution in [-0.4, -0.2) is 55.0 Å². The summed E-state index contributed by atoms with van der Waals surface area (Å²) in [6.45, 7) is 2.61. The molecular weight excluding hydrogens is 552 g/mol. The van der Waals surface area contributed by atoms with Crippen LogP contribution in [-0.2, 0) is 17.7 Å². The topological polar surface area (TPSA) is 68.3 Å². The van der Waals surface area contributed by atoms with E-state index in [0.717, 1.165) is 40.9 Å². The third-order valence-corrected chi connectivity index (χ3v) is 7.92. The number of ether oxygens (including phenoxy) is 2. The van der Waals surface area contributed by atoms with Crippen LogP contribution in [0.25, 0.3) is 32.6 Å². The van der Waals surface area contributed by atoms with Crippen molar-refractivity contribution in [3.8, 4) is 28.3 Å². The van der Waals surface area contributed by atoms with Crippen molar-refractivity contribution in [1.29, 1.82) is 0 Å². The number of halogens is 4. The zero-order valence-electron chi connectivity index (χ0n) is 20.8. The summed E-state index contributed by atoms with van der Waals surface area (Å²) in [6, 6.07) is 12.7. The second-order valence-corrected chi connectivity index (χ2v) is 10.7. The van der Waals surface area contributed by atoms with Crippen LogP contribution in [0.1, 0.15) is 11.1 Å². The molecule has 0 aliphatic carbocycles. The van der Waals surface area contributed by atoms with E-state index in [-0.39, 0.29) is 26.4 Å². The van der Waals surface area contributed by atoms with Crippen molar-refractivity contribution in [2.24, 2.45) is 0 Å². The molecule has 6 nitrogen and oxygen atoms in total. The summed E-state index contributed by atoms with van der Waals surface area (Å²) >= 11 is 2.12. The monoisotopic (exact) mass is 578 g/mol. The van der Waals surface area contributed by atoms with Gasteiger partial charge < -0.3 is 14.8 Å². The van der Waals surface area contributed by atoms with Crippen molar-refractivity contribution in [2.45, 2.75) is 19.1 Å². The normalized spacial score (nSPS) is 13.5. The van der Waals surface area contributed by atoms with E-state index < -0.39 is 17.7 Å². The molecule has 206 valence electrons. The number of benzene rings is 2. The van der Waals surface area contributed by atoms with Crippen molar-refractivity contribution in [2.75, 3.05) is 38.7 Å². The molecule has 0 fully saturated rings. The van der Waals surface area contributed by atoms with E-state index >= 15 is 0 Å². The highest BCUT2D eigenvalue weighted by atomic mass is 32.2. The molecule has 0 amide bonds. The number of hydrogen-bond acceptors (Lipinski definition) is 8. The van der Waals surface area contributed by atoms with E-state index in [2.05, 4.69) is 38.4 Å². The Bertz CT molecular complexity index is 1430. The lowest BCUT2D eigenvalue weighted by atomic mass is 9.96. The van der Waals surface area contributed by atoms with Crippen molar-refractivity contribution < 1.29 is 27.0 Å². The predicted molar refractivity (Wildman–Crippen MR) is 146 cm³/mol. The fourth-order valence-corrected chi connectivity index (χ4v) is 5.72. The Labute approximate surface area is 231 Å². The number of fused-ring (bicyclic) bond motifs is 2. The number of rotatable bonds is 11. The summed E-state index contributed by atoms with van der Waals surface area (Å²) in [4.78, 5) is 0. The van der Waals surface area contributed by atoms with E-state index in [0.29, 0.717) is 29.0 Å². The summed E-state index contributed by atoms with van der Waals surface area (Å²) in [5.41, 5.74) is 5.64. The van der Waals surface area contributed by atoms with Crippen LogP contribution in [0.5, 0.6) is 5.75 Å². The van der Waals surface area contributed by atoms with Gasteiger partial charge in [0.05, 0.1) is 17.9 Å². The Morgan fingerprint density at radius 3 is 2.74 bits per heavy atom. The zero-order chi connectivity index (χ0) is 27.2. The van der Waals surface area contributed by atoms with Crippen LogP contribution in [0.2, 0.25) is 0 Å². The fourth-order valence-electron chi connectivity index (χ4n) is 4.34. The molecule has 0 saturated carbocycles. The fraction of sp³-hybridized carbons (Fsp3) is 0.333. The Morgan fingerprint density at radius 2 is 1.87 bits per heavy atom. The predicted octanol–water partition coefficient (Wildman–Crippen LogP) is 6.01. The van der Waals surface area contributed by atoms with Gasteiger partial charge in [0.1, 0.15) is 35.3 Å². The van der Waals surface area contributed by atoms with Gasteiger partial charge in [0, 0.05) is 35.7 Å². The number of nitrogens with zero attached hydrogens (tertiary/aromatic N) is 2. The molecule has 2 aromatic heterocycles. The van der Waals surface area contributed by atoms with Gasteiger partial charge in [-0.2, -0.15) is 13.2 Å². The molecule has 0 atom stereocenters. The molecule has 1 aliphatic heterocycles.